The maximum Gasteiger partial charge on any atom is 0.407 e. The van der Waals surface area contributed by atoms with Gasteiger partial charge in [-0.1, -0.05) is 28.1 Å². The standard InChI is InChI=1S/C17H26BrN3O2/c1-17(2,3)23-16(22)20-14-7-8-21(11-14)15(10-19)12-5-4-6-13(18)9-12/h4-6,9,14-15H,7-8,10-11,19H2,1-3H3,(H,20,22)/t14-,15+/m0/s1. The Balaban J connectivity index is 1.94. The molecule has 1 aromatic carbocycles. The number of carbonyl (C=O) groups is 1. The van der Waals surface area contributed by atoms with Gasteiger partial charge in [0.15, 0.2) is 0 Å². The average Bonchev–Trinajstić information content (AvgIpc) is 2.85. The Morgan fingerprint density at radius 1 is 1.52 bits per heavy atom. The summed E-state index contributed by atoms with van der Waals surface area (Å²) in [6.45, 7) is 7.85. The van der Waals surface area contributed by atoms with E-state index in [1.807, 2.05) is 32.9 Å². The fraction of sp³-hybridized carbons (Fsp3) is 0.588. The third-order valence-corrected chi connectivity index (χ3v) is 4.33. The lowest BCUT2D eigenvalue weighted by Gasteiger charge is -2.27. The van der Waals surface area contributed by atoms with Crippen LogP contribution in [-0.2, 0) is 4.74 Å². The first kappa shape index (κ1) is 18.2. The number of halogens is 1. The van der Waals surface area contributed by atoms with E-state index < -0.39 is 5.60 Å². The van der Waals surface area contributed by atoms with E-state index in [1.165, 1.54) is 5.56 Å². The smallest absolute Gasteiger partial charge is 0.407 e. The number of nitrogens with one attached hydrogen (secondary N) is 1. The van der Waals surface area contributed by atoms with Gasteiger partial charge in [0.05, 0.1) is 0 Å². The van der Waals surface area contributed by atoms with Gasteiger partial charge in [0.2, 0.25) is 0 Å². The second kappa shape index (κ2) is 7.64. The Hall–Kier alpha value is -1.11. The van der Waals surface area contributed by atoms with E-state index in [1.54, 1.807) is 0 Å². The molecule has 6 heteroatoms. The van der Waals surface area contributed by atoms with E-state index in [4.69, 9.17) is 10.5 Å². The summed E-state index contributed by atoms with van der Waals surface area (Å²) in [5.41, 5.74) is 6.72. The average molecular weight is 384 g/mol. The number of carbonyl (C=O) groups excluding carboxylic acids is 1. The first-order valence-corrected chi connectivity index (χ1v) is 8.77. The highest BCUT2D eigenvalue weighted by Crippen LogP contribution is 2.26. The summed E-state index contributed by atoms with van der Waals surface area (Å²) in [5.74, 6) is 0. The highest BCUT2D eigenvalue weighted by molar-refractivity contribution is 9.10. The first-order chi connectivity index (χ1) is 10.8. The minimum atomic E-state index is -0.474. The number of rotatable bonds is 4. The molecule has 0 saturated carbocycles. The van der Waals surface area contributed by atoms with Gasteiger partial charge in [-0.25, -0.2) is 4.79 Å². The molecule has 0 aromatic heterocycles. The van der Waals surface area contributed by atoms with Crippen LogP contribution in [0.5, 0.6) is 0 Å². The molecule has 2 rings (SSSR count). The molecule has 1 aliphatic rings. The normalized spacial score (nSPS) is 20.3. The van der Waals surface area contributed by atoms with Crippen LogP contribution in [0.3, 0.4) is 0 Å². The highest BCUT2D eigenvalue weighted by atomic mass is 79.9. The van der Waals surface area contributed by atoms with Crippen molar-refractivity contribution in [1.82, 2.24) is 10.2 Å². The summed E-state index contributed by atoms with van der Waals surface area (Å²) in [6, 6.07) is 8.50. The van der Waals surface area contributed by atoms with Crippen LogP contribution >= 0.6 is 15.9 Å². The van der Waals surface area contributed by atoms with Crippen LogP contribution in [0.15, 0.2) is 28.7 Å². The zero-order valence-electron chi connectivity index (χ0n) is 14.0. The molecule has 2 atom stereocenters. The van der Waals surface area contributed by atoms with Crippen molar-refractivity contribution in [3.05, 3.63) is 34.3 Å². The van der Waals surface area contributed by atoms with Gasteiger partial charge in [-0.3, -0.25) is 4.90 Å². The van der Waals surface area contributed by atoms with Crippen molar-refractivity contribution in [3.63, 3.8) is 0 Å². The molecular formula is C17H26BrN3O2. The molecular weight excluding hydrogens is 358 g/mol. The molecule has 0 aliphatic carbocycles. The Morgan fingerprint density at radius 2 is 2.26 bits per heavy atom. The molecule has 0 unspecified atom stereocenters. The molecule has 1 heterocycles. The van der Waals surface area contributed by atoms with Gasteiger partial charge in [0.1, 0.15) is 5.60 Å². The van der Waals surface area contributed by atoms with Crippen LogP contribution in [-0.4, -0.2) is 42.3 Å². The minimum absolute atomic E-state index is 0.103. The van der Waals surface area contributed by atoms with Crippen molar-refractivity contribution in [2.24, 2.45) is 5.73 Å². The first-order valence-electron chi connectivity index (χ1n) is 7.97. The molecule has 1 saturated heterocycles. The monoisotopic (exact) mass is 383 g/mol. The molecule has 0 spiro atoms. The maximum absolute atomic E-state index is 11.9. The largest absolute Gasteiger partial charge is 0.444 e. The van der Waals surface area contributed by atoms with Crippen LogP contribution in [0.4, 0.5) is 4.79 Å². The Bertz CT molecular complexity index is 545. The van der Waals surface area contributed by atoms with E-state index in [2.05, 4.69) is 38.3 Å². The van der Waals surface area contributed by atoms with Crippen LogP contribution < -0.4 is 11.1 Å². The fourth-order valence-electron chi connectivity index (χ4n) is 2.87. The fourth-order valence-corrected chi connectivity index (χ4v) is 3.29. The molecule has 23 heavy (non-hydrogen) atoms. The van der Waals surface area contributed by atoms with Crippen LogP contribution in [0, 0.1) is 0 Å². The molecule has 1 aromatic rings. The minimum Gasteiger partial charge on any atom is -0.444 e. The van der Waals surface area contributed by atoms with Crippen molar-refractivity contribution in [3.8, 4) is 0 Å². The van der Waals surface area contributed by atoms with Gasteiger partial charge in [-0.05, 0) is 44.9 Å². The summed E-state index contributed by atoms with van der Waals surface area (Å²) in [6.07, 6.45) is 0.556. The molecule has 0 bridgehead atoms. The van der Waals surface area contributed by atoms with E-state index in [0.29, 0.717) is 6.54 Å². The van der Waals surface area contributed by atoms with Crippen molar-refractivity contribution in [2.45, 2.75) is 44.9 Å². The Labute approximate surface area is 146 Å². The van der Waals surface area contributed by atoms with Gasteiger partial charge >= 0.3 is 6.09 Å². The highest BCUT2D eigenvalue weighted by Gasteiger charge is 2.30. The van der Waals surface area contributed by atoms with E-state index in [9.17, 15) is 4.79 Å². The van der Waals surface area contributed by atoms with Crippen molar-refractivity contribution < 1.29 is 9.53 Å². The molecule has 1 aliphatic heterocycles. The number of alkyl carbamates (subject to hydrolysis) is 1. The summed E-state index contributed by atoms with van der Waals surface area (Å²) < 4.78 is 6.37. The zero-order valence-corrected chi connectivity index (χ0v) is 15.6. The summed E-state index contributed by atoms with van der Waals surface area (Å²) >= 11 is 3.51. The number of hydrogen-bond acceptors (Lipinski definition) is 4. The summed E-state index contributed by atoms with van der Waals surface area (Å²) in [5, 5.41) is 2.95. The number of hydrogen-bond donors (Lipinski definition) is 2. The lowest BCUT2D eigenvalue weighted by molar-refractivity contribution is 0.0504. The number of amides is 1. The quantitative estimate of drug-likeness (QED) is 0.838. The summed E-state index contributed by atoms with van der Waals surface area (Å²) in [7, 11) is 0. The number of ether oxygens (including phenoxy) is 1. The van der Waals surface area contributed by atoms with Crippen molar-refractivity contribution >= 4 is 22.0 Å². The van der Waals surface area contributed by atoms with Crippen LogP contribution in [0.2, 0.25) is 0 Å². The number of nitrogens with zero attached hydrogens (tertiary/aromatic N) is 1. The maximum atomic E-state index is 11.9. The zero-order chi connectivity index (χ0) is 17.0. The third kappa shape index (κ3) is 5.48. The Morgan fingerprint density at radius 3 is 2.87 bits per heavy atom. The SMILES string of the molecule is CC(C)(C)OC(=O)N[C@H]1CCN([C@H](CN)c2cccc(Br)c2)C1. The van der Waals surface area contributed by atoms with E-state index >= 15 is 0 Å². The lowest BCUT2D eigenvalue weighted by atomic mass is 10.1. The number of nitrogens with two attached hydrogens (primary N) is 1. The van der Waals surface area contributed by atoms with Crippen molar-refractivity contribution in [2.75, 3.05) is 19.6 Å². The third-order valence-electron chi connectivity index (χ3n) is 3.84. The van der Waals surface area contributed by atoms with Crippen LogP contribution in [0.1, 0.15) is 38.8 Å². The van der Waals surface area contributed by atoms with Gasteiger partial charge in [-0.15, -0.1) is 0 Å². The molecule has 128 valence electrons. The molecule has 0 radical (unpaired) electrons. The van der Waals surface area contributed by atoms with Gasteiger partial charge in [-0.2, -0.15) is 0 Å². The van der Waals surface area contributed by atoms with E-state index in [-0.39, 0.29) is 18.2 Å². The number of likely N-dealkylation sites (tertiary alicyclic amines) is 1. The molecule has 1 fully saturated rings. The molecule has 5 nitrogen and oxygen atoms in total. The van der Waals surface area contributed by atoms with Gasteiger partial charge in [0.25, 0.3) is 0 Å². The Kier molecular flexibility index (Phi) is 6.06. The predicted octanol–water partition coefficient (Wildman–Crippen LogP) is 3.05. The lowest BCUT2D eigenvalue weighted by Crippen LogP contribution is -2.41. The van der Waals surface area contributed by atoms with E-state index in [0.717, 1.165) is 24.0 Å². The van der Waals surface area contributed by atoms with Gasteiger partial charge < -0.3 is 15.8 Å². The predicted molar refractivity (Wildman–Crippen MR) is 95.3 cm³/mol. The second-order valence-electron chi connectivity index (χ2n) is 6.93. The number of benzene rings is 1. The van der Waals surface area contributed by atoms with Crippen molar-refractivity contribution in [1.29, 1.82) is 0 Å². The summed E-state index contributed by atoms with van der Waals surface area (Å²) in [4.78, 5) is 14.2. The molecule has 3 N–H and O–H groups in total. The topological polar surface area (TPSA) is 67.6 Å². The molecule has 1 amide bonds. The second-order valence-corrected chi connectivity index (χ2v) is 7.85. The van der Waals surface area contributed by atoms with Gasteiger partial charge in [0, 0.05) is 36.2 Å². The van der Waals surface area contributed by atoms with Crippen LogP contribution in [0.25, 0.3) is 0 Å².